The summed E-state index contributed by atoms with van der Waals surface area (Å²) >= 11 is 0. The van der Waals surface area contributed by atoms with Gasteiger partial charge in [-0.05, 0) is 6.07 Å². The van der Waals surface area contributed by atoms with Gasteiger partial charge in [-0.15, -0.1) is 0 Å². The molecule has 0 aliphatic heterocycles. The summed E-state index contributed by atoms with van der Waals surface area (Å²) in [6.45, 7) is 0. The molecule has 7 nitrogen and oxygen atoms in total. The number of hydrogen-bond acceptors (Lipinski definition) is 4. The number of aromatic nitrogens is 3. The molecule has 0 aromatic carbocycles. The van der Waals surface area contributed by atoms with Crippen LogP contribution >= 0.6 is 0 Å². The van der Waals surface area contributed by atoms with E-state index in [-0.39, 0.29) is 4.90 Å². The van der Waals surface area contributed by atoms with Crippen LogP contribution in [0.4, 0.5) is 0 Å². The van der Waals surface area contributed by atoms with Crippen LogP contribution in [0, 0.1) is 5.21 Å². The Bertz CT molecular complexity index is 620. The topological polar surface area (TPSA) is 105 Å². The molecule has 0 radical (unpaired) electrons. The number of rotatable bonds is 2. The van der Waals surface area contributed by atoms with Gasteiger partial charge >= 0.3 is 0 Å². The van der Waals surface area contributed by atoms with E-state index in [4.69, 9.17) is 5.14 Å². The molecule has 2 aromatic rings. The average Bonchev–Trinajstić information content (AvgIpc) is 2.65. The smallest absolute Gasteiger partial charge is 0.241 e. The van der Waals surface area contributed by atoms with Gasteiger partial charge in [0.25, 0.3) is 0 Å². The van der Waals surface area contributed by atoms with E-state index in [1.807, 2.05) is 0 Å². The normalized spacial score (nSPS) is 11.6. The van der Waals surface area contributed by atoms with Crippen molar-refractivity contribution < 1.29 is 13.1 Å². The van der Waals surface area contributed by atoms with E-state index in [0.717, 1.165) is 6.20 Å². The number of primary sulfonamides is 1. The third-order valence-corrected chi connectivity index (χ3v) is 2.78. The summed E-state index contributed by atoms with van der Waals surface area (Å²) in [4.78, 5) is -0.103. The maximum Gasteiger partial charge on any atom is 0.241 e. The summed E-state index contributed by atoms with van der Waals surface area (Å²) in [7, 11) is -3.77. The first-order valence-electron chi connectivity index (χ1n) is 4.23. The summed E-state index contributed by atoms with van der Waals surface area (Å²) < 4.78 is 23.9. The van der Waals surface area contributed by atoms with Gasteiger partial charge in [0.05, 0.1) is 12.4 Å². The Labute approximate surface area is 91.4 Å². The number of nitrogens with two attached hydrogens (primary N) is 1. The second-order valence-corrected chi connectivity index (χ2v) is 4.65. The monoisotopic (exact) mass is 240 g/mol. The quantitative estimate of drug-likeness (QED) is 0.545. The van der Waals surface area contributed by atoms with Gasteiger partial charge in [0, 0.05) is 6.07 Å². The van der Waals surface area contributed by atoms with Crippen molar-refractivity contribution in [2.75, 3.05) is 0 Å². The third kappa shape index (κ3) is 2.02. The summed E-state index contributed by atoms with van der Waals surface area (Å²) in [6, 6.07) is 3.15. The van der Waals surface area contributed by atoms with Crippen LogP contribution in [0.25, 0.3) is 5.69 Å². The molecule has 0 amide bonds. The van der Waals surface area contributed by atoms with Crippen molar-refractivity contribution in [3.05, 3.63) is 42.1 Å². The molecule has 0 atom stereocenters. The molecular weight excluding hydrogens is 232 g/mol. The molecule has 2 aromatic heterocycles. The van der Waals surface area contributed by atoms with Gasteiger partial charge in [0.1, 0.15) is 10.6 Å². The fourth-order valence-corrected chi connectivity index (χ4v) is 1.61. The molecular formula is C8H8N4O3S. The SMILES string of the molecule is NS(=O)(=O)c1cnn(-c2ccc[n+]([O-])c2)c1. The highest BCUT2D eigenvalue weighted by Gasteiger charge is 2.11. The summed E-state index contributed by atoms with van der Waals surface area (Å²) in [6.07, 6.45) is 4.94. The van der Waals surface area contributed by atoms with Crippen LogP contribution in [0.1, 0.15) is 0 Å². The van der Waals surface area contributed by atoms with Crippen molar-refractivity contribution in [2.24, 2.45) is 5.14 Å². The van der Waals surface area contributed by atoms with Crippen molar-refractivity contribution in [3.63, 3.8) is 0 Å². The van der Waals surface area contributed by atoms with Crippen LogP contribution in [0.5, 0.6) is 0 Å². The largest absolute Gasteiger partial charge is 0.619 e. The van der Waals surface area contributed by atoms with Gasteiger partial charge < -0.3 is 5.21 Å². The first-order chi connectivity index (χ1) is 7.47. The van der Waals surface area contributed by atoms with Gasteiger partial charge in [0.2, 0.25) is 16.2 Å². The molecule has 84 valence electrons. The van der Waals surface area contributed by atoms with E-state index >= 15 is 0 Å². The maximum atomic E-state index is 11.0. The lowest BCUT2D eigenvalue weighted by atomic mass is 10.4. The van der Waals surface area contributed by atoms with Crippen LogP contribution in [0.15, 0.2) is 41.8 Å². The summed E-state index contributed by atoms with van der Waals surface area (Å²) in [5.41, 5.74) is 0.451. The highest BCUT2D eigenvalue weighted by Crippen LogP contribution is 2.08. The Morgan fingerprint density at radius 1 is 1.50 bits per heavy atom. The molecule has 2 N–H and O–H groups in total. The Morgan fingerprint density at radius 3 is 2.81 bits per heavy atom. The molecule has 0 bridgehead atoms. The van der Waals surface area contributed by atoms with E-state index in [1.165, 1.54) is 29.3 Å². The van der Waals surface area contributed by atoms with E-state index in [9.17, 15) is 13.6 Å². The van der Waals surface area contributed by atoms with E-state index in [0.29, 0.717) is 10.4 Å². The van der Waals surface area contributed by atoms with Gasteiger partial charge in [-0.3, -0.25) is 0 Å². The van der Waals surface area contributed by atoms with Crippen molar-refractivity contribution in [1.82, 2.24) is 9.78 Å². The van der Waals surface area contributed by atoms with Crippen LogP contribution < -0.4 is 9.87 Å². The Hall–Kier alpha value is -1.93. The van der Waals surface area contributed by atoms with Gasteiger partial charge in [-0.2, -0.15) is 9.83 Å². The molecule has 0 aliphatic carbocycles. The molecule has 16 heavy (non-hydrogen) atoms. The second kappa shape index (κ2) is 3.58. The van der Waals surface area contributed by atoms with Gasteiger partial charge in [0.15, 0.2) is 6.20 Å². The Balaban J connectivity index is 2.47. The molecule has 2 heterocycles. The maximum absolute atomic E-state index is 11.0. The fraction of sp³-hybridized carbons (Fsp3) is 0. The van der Waals surface area contributed by atoms with Gasteiger partial charge in [-0.1, -0.05) is 0 Å². The van der Waals surface area contributed by atoms with Crippen LogP contribution in [-0.2, 0) is 10.0 Å². The van der Waals surface area contributed by atoms with Crippen LogP contribution in [-0.4, -0.2) is 18.2 Å². The second-order valence-electron chi connectivity index (χ2n) is 3.09. The zero-order valence-electron chi connectivity index (χ0n) is 8.02. The summed E-state index contributed by atoms with van der Waals surface area (Å²) in [5, 5.41) is 19.7. The number of sulfonamides is 1. The standard InChI is InChI=1S/C8H8N4O3S/c9-16(14,15)8-4-10-12(6-8)7-2-1-3-11(13)5-7/h1-6H,(H2,9,14,15). The first-order valence-corrected chi connectivity index (χ1v) is 5.78. The minimum absolute atomic E-state index is 0.103. The van der Waals surface area contributed by atoms with Crippen molar-refractivity contribution in [1.29, 1.82) is 0 Å². The molecule has 0 unspecified atom stereocenters. The van der Waals surface area contributed by atoms with E-state index < -0.39 is 10.0 Å². The highest BCUT2D eigenvalue weighted by molar-refractivity contribution is 7.89. The lowest BCUT2D eigenvalue weighted by Gasteiger charge is -2.00. The molecule has 0 spiro atoms. The first kappa shape index (κ1) is 10.6. The highest BCUT2D eigenvalue weighted by atomic mass is 32.2. The van der Waals surface area contributed by atoms with Crippen LogP contribution in [0.2, 0.25) is 0 Å². The molecule has 2 rings (SSSR count). The van der Waals surface area contributed by atoms with E-state index in [1.54, 1.807) is 6.07 Å². The predicted octanol–water partition coefficient (Wildman–Crippen LogP) is -0.847. The Morgan fingerprint density at radius 2 is 2.25 bits per heavy atom. The summed E-state index contributed by atoms with van der Waals surface area (Å²) in [5.74, 6) is 0. The van der Waals surface area contributed by atoms with Crippen molar-refractivity contribution in [2.45, 2.75) is 4.90 Å². The zero-order valence-corrected chi connectivity index (χ0v) is 8.83. The molecule has 0 fully saturated rings. The Kier molecular flexibility index (Phi) is 2.37. The third-order valence-electron chi connectivity index (χ3n) is 1.91. The average molecular weight is 240 g/mol. The lowest BCUT2D eigenvalue weighted by Crippen LogP contribution is -2.25. The minimum atomic E-state index is -3.77. The van der Waals surface area contributed by atoms with Crippen molar-refractivity contribution >= 4 is 10.0 Å². The fourth-order valence-electron chi connectivity index (χ4n) is 1.17. The molecule has 8 heteroatoms. The number of nitrogens with zero attached hydrogens (tertiary/aromatic N) is 3. The van der Waals surface area contributed by atoms with Crippen molar-refractivity contribution in [3.8, 4) is 5.69 Å². The van der Waals surface area contributed by atoms with Crippen LogP contribution in [0.3, 0.4) is 0 Å². The minimum Gasteiger partial charge on any atom is -0.619 e. The van der Waals surface area contributed by atoms with Gasteiger partial charge in [-0.25, -0.2) is 18.2 Å². The van der Waals surface area contributed by atoms with E-state index in [2.05, 4.69) is 5.10 Å². The number of pyridine rings is 1. The lowest BCUT2D eigenvalue weighted by molar-refractivity contribution is -0.605. The molecule has 0 saturated carbocycles. The molecule has 0 aliphatic rings. The predicted molar refractivity (Wildman–Crippen MR) is 53.9 cm³/mol. The number of hydrogen-bond donors (Lipinski definition) is 1. The molecule has 0 saturated heterocycles. The zero-order chi connectivity index (χ0) is 11.8.